The van der Waals surface area contributed by atoms with Crippen molar-refractivity contribution in [3.63, 3.8) is 0 Å². The van der Waals surface area contributed by atoms with Gasteiger partial charge < -0.3 is 5.32 Å². The van der Waals surface area contributed by atoms with Gasteiger partial charge in [0.2, 0.25) is 5.91 Å². The minimum Gasteiger partial charge on any atom is -0.317 e. The molecule has 0 saturated heterocycles. The van der Waals surface area contributed by atoms with Crippen LogP contribution in [-0.4, -0.2) is 21.5 Å². The standard InChI is InChI=1S/C18H20N4O2S/c1-11-9-14(20-17(24)18(2,3)4)25-15(11)16(23)21-22-10-19-12-7-5-6-8-13(12)22/h5-10H,1-4H3,(H,20,24)(H,21,23). The molecule has 2 heterocycles. The third kappa shape index (κ3) is 3.56. The minimum atomic E-state index is -0.490. The van der Waals surface area contributed by atoms with Crippen LogP contribution in [0.25, 0.3) is 11.0 Å². The molecule has 0 radical (unpaired) electrons. The number of aryl methyl sites for hydroxylation is 1. The SMILES string of the molecule is Cc1cc(NC(=O)C(C)(C)C)sc1C(=O)Nn1cnc2ccccc21. The Balaban J connectivity index is 1.80. The van der Waals surface area contributed by atoms with Gasteiger partial charge in [0.25, 0.3) is 5.91 Å². The van der Waals surface area contributed by atoms with Crippen molar-refractivity contribution in [3.8, 4) is 0 Å². The molecule has 0 spiro atoms. The van der Waals surface area contributed by atoms with Gasteiger partial charge in [0.15, 0.2) is 0 Å². The highest BCUT2D eigenvalue weighted by Gasteiger charge is 2.23. The fourth-order valence-corrected chi connectivity index (χ4v) is 3.23. The van der Waals surface area contributed by atoms with Crippen molar-refractivity contribution in [3.05, 3.63) is 47.1 Å². The van der Waals surface area contributed by atoms with Crippen LogP contribution in [0.1, 0.15) is 36.0 Å². The summed E-state index contributed by atoms with van der Waals surface area (Å²) in [7, 11) is 0. The summed E-state index contributed by atoms with van der Waals surface area (Å²) < 4.78 is 1.60. The lowest BCUT2D eigenvalue weighted by atomic mass is 9.96. The predicted molar refractivity (Wildman–Crippen MR) is 101 cm³/mol. The molecule has 2 amide bonds. The quantitative estimate of drug-likeness (QED) is 0.750. The Kier molecular flexibility index (Phi) is 4.34. The lowest BCUT2D eigenvalue weighted by Crippen LogP contribution is -2.27. The van der Waals surface area contributed by atoms with Crippen molar-refractivity contribution >= 4 is 39.2 Å². The number of nitrogens with one attached hydrogen (secondary N) is 2. The van der Waals surface area contributed by atoms with Gasteiger partial charge in [0.05, 0.1) is 20.9 Å². The van der Waals surface area contributed by atoms with E-state index in [4.69, 9.17) is 0 Å². The Labute approximate surface area is 149 Å². The highest BCUT2D eigenvalue weighted by molar-refractivity contribution is 7.18. The average Bonchev–Trinajstić information content (AvgIpc) is 3.10. The van der Waals surface area contributed by atoms with Gasteiger partial charge in [-0.1, -0.05) is 32.9 Å². The molecule has 25 heavy (non-hydrogen) atoms. The molecule has 2 N–H and O–H groups in total. The Morgan fingerprint density at radius 1 is 1.20 bits per heavy atom. The summed E-state index contributed by atoms with van der Waals surface area (Å²) in [6, 6.07) is 9.38. The molecule has 7 heteroatoms. The van der Waals surface area contributed by atoms with Gasteiger partial charge in [-0.3, -0.25) is 15.0 Å². The van der Waals surface area contributed by atoms with E-state index in [1.165, 1.54) is 11.3 Å². The van der Waals surface area contributed by atoms with Crippen LogP contribution in [0.2, 0.25) is 0 Å². The summed E-state index contributed by atoms with van der Waals surface area (Å²) in [5.41, 5.74) is 4.79. The molecule has 0 saturated carbocycles. The van der Waals surface area contributed by atoms with Crippen molar-refractivity contribution < 1.29 is 9.59 Å². The number of fused-ring (bicyclic) bond motifs is 1. The Morgan fingerprint density at radius 3 is 2.64 bits per heavy atom. The Morgan fingerprint density at radius 2 is 1.92 bits per heavy atom. The molecule has 0 unspecified atom stereocenters. The van der Waals surface area contributed by atoms with Crippen LogP contribution in [0.3, 0.4) is 0 Å². The molecule has 3 aromatic rings. The third-order valence-corrected chi connectivity index (χ3v) is 4.87. The third-order valence-electron chi connectivity index (χ3n) is 3.72. The van der Waals surface area contributed by atoms with Crippen molar-refractivity contribution in [2.45, 2.75) is 27.7 Å². The maximum Gasteiger partial charge on any atom is 0.280 e. The molecular formula is C18H20N4O2S. The van der Waals surface area contributed by atoms with Gasteiger partial charge >= 0.3 is 0 Å². The van der Waals surface area contributed by atoms with Gasteiger partial charge in [-0.2, -0.15) is 0 Å². The van der Waals surface area contributed by atoms with Crippen molar-refractivity contribution in [1.29, 1.82) is 0 Å². The van der Waals surface area contributed by atoms with E-state index in [2.05, 4.69) is 15.7 Å². The number of carbonyl (C=O) groups is 2. The molecule has 1 aromatic carbocycles. The molecule has 6 nitrogen and oxygen atoms in total. The maximum atomic E-state index is 12.6. The highest BCUT2D eigenvalue weighted by Crippen LogP contribution is 2.28. The monoisotopic (exact) mass is 356 g/mol. The second-order valence-electron chi connectivity index (χ2n) is 6.87. The smallest absolute Gasteiger partial charge is 0.280 e. The number of amides is 2. The fraction of sp³-hybridized carbons (Fsp3) is 0.278. The average molecular weight is 356 g/mol. The molecule has 0 aliphatic rings. The van der Waals surface area contributed by atoms with E-state index in [1.54, 1.807) is 11.0 Å². The number of rotatable bonds is 3. The van der Waals surface area contributed by atoms with Crippen LogP contribution in [0.15, 0.2) is 36.7 Å². The predicted octanol–water partition coefficient (Wildman–Crippen LogP) is 3.77. The minimum absolute atomic E-state index is 0.0821. The van der Waals surface area contributed by atoms with E-state index in [1.807, 2.05) is 58.0 Å². The summed E-state index contributed by atoms with van der Waals surface area (Å²) >= 11 is 1.26. The number of benzene rings is 1. The molecule has 130 valence electrons. The highest BCUT2D eigenvalue weighted by atomic mass is 32.1. The Bertz CT molecular complexity index is 950. The lowest BCUT2D eigenvalue weighted by molar-refractivity contribution is -0.123. The summed E-state index contributed by atoms with van der Waals surface area (Å²) in [6.07, 6.45) is 1.58. The van der Waals surface area contributed by atoms with Gasteiger partial charge in [-0.25, -0.2) is 9.66 Å². The normalized spacial score (nSPS) is 11.5. The van der Waals surface area contributed by atoms with Crippen molar-refractivity contribution in [2.24, 2.45) is 5.41 Å². The summed E-state index contributed by atoms with van der Waals surface area (Å²) in [6.45, 7) is 7.39. The zero-order chi connectivity index (χ0) is 18.2. The first-order valence-corrected chi connectivity index (χ1v) is 8.72. The van der Waals surface area contributed by atoms with E-state index in [9.17, 15) is 9.59 Å². The second kappa shape index (κ2) is 6.33. The summed E-state index contributed by atoms with van der Waals surface area (Å²) in [5, 5.41) is 3.53. The number of aromatic nitrogens is 2. The first kappa shape index (κ1) is 17.2. The Hall–Kier alpha value is -2.67. The summed E-state index contributed by atoms with van der Waals surface area (Å²) in [4.78, 5) is 29.5. The van der Waals surface area contributed by atoms with E-state index in [0.717, 1.165) is 16.6 Å². The first-order chi connectivity index (χ1) is 11.8. The fourth-order valence-electron chi connectivity index (χ4n) is 2.28. The number of nitrogens with zero attached hydrogens (tertiary/aromatic N) is 2. The molecule has 0 fully saturated rings. The molecule has 3 rings (SSSR count). The zero-order valence-electron chi connectivity index (χ0n) is 14.6. The number of thiophene rings is 1. The number of anilines is 1. The lowest BCUT2D eigenvalue weighted by Gasteiger charge is -2.16. The number of carbonyl (C=O) groups excluding carboxylic acids is 2. The van der Waals surface area contributed by atoms with Crippen LogP contribution < -0.4 is 10.7 Å². The van der Waals surface area contributed by atoms with Crippen LogP contribution >= 0.6 is 11.3 Å². The van der Waals surface area contributed by atoms with Crippen LogP contribution in [0.4, 0.5) is 5.00 Å². The van der Waals surface area contributed by atoms with Crippen molar-refractivity contribution in [1.82, 2.24) is 9.66 Å². The molecule has 2 aromatic heterocycles. The van der Waals surface area contributed by atoms with E-state index >= 15 is 0 Å². The van der Waals surface area contributed by atoms with Gasteiger partial charge in [-0.05, 0) is 30.7 Å². The van der Waals surface area contributed by atoms with Crippen LogP contribution in [0.5, 0.6) is 0 Å². The molecular weight excluding hydrogens is 336 g/mol. The number of imidazole rings is 1. The number of hydrogen-bond acceptors (Lipinski definition) is 4. The molecule has 0 aliphatic heterocycles. The van der Waals surface area contributed by atoms with E-state index in [-0.39, 0.29) is 11.8 Å². The number of hydrogen-bond donors (Lipinski definition) is 2. The first-order valence-electron chi connectivity index (χ1n) is 7.91. The largest absolute Gasteiger partial charge is 0.317 e. The molecule has 0 aliphatic carbocycles. The van der Waals surface area contributed by atoms with E-state index in [0.29, 0.717) is 9.88 Å². The number of para-hydroxylation sites is 2. The topological polar surface area (TPSA) is 76.0 Å². The maximum absolute atomic E-state index is 12.6. The molecule has 0 bridgehead atoms. The summed E-state index contributed by atoms with van der Waals surface area (Å²) in [5.74, 6) is -0.316. The van der Waals surface area contributed by atoms with Gasteiger partial charge in [-0.15, -0.1) is 11.3 Å². The van der Waals surface area contributed by atoms with Crippen molar-refractivity contribution in [2.75, 3.05) is 10.7 Å². The van der Waals surface area contributed by atoms with E-state index < -0.39 is 5.41 Å². The molecule has 0 atom stereocenters. The van der Waals surface area contributed by atoms with Crippen LogP contribution in [-0.2, 0) is 4.79 Å². The van der Waals surface area contributed by atoms with Crippen LogP contribution in [0, 0.1) is 12.3 Å². The van der Waals surface area contributed by atoms with Gasteiger partial charge in [0.1, 0.15) is 6.33 Å². The second-order valence-corrected chi connectivity index (χ2v) is 7.92. The van der Waals surface area contributed by atoms with Gasteiger partial charge in [0, 0.05) is 5.41 Å². The zero-order valence-corrected chi connectivity index (χ0v) is 15.4.